The number of fused-ring (bicyclic) bond motifs is 2. The topological polar surface area (TPSA) is 55.9 Å². The number of carbonyl (C=O) groups is 2. The molecule has 30 heavy (non-hydrogen) atoms. The van der Waals surface area contributed by atoms with Crippen molar-refractivity contribution < 1.29 is 9.59 Å². The van der Waals surface area contributed by atoms with Gasteiger partial charge in [0.05, 0.1) is 5.41 Å². The summed E-state index contributed by atoms with van der Waals surface area (Å²) in [7, 11) is 2.16. The van der Waals surface area contributed by atoms with E-state index in [2.05, 4.69) is 34.3 Å². The molecule has 3 heterocycles. The van der Waals surface area contributed by atoms with E-state index in [9.17, 15) is 9.59 Å². The Bertz CT molecular complexity index is 965. The van der Waals surface area contributed by atoms with Gasteiger partial charge in [0, 0.05) is 57.1 Å². The second-order valence-corrected chi connectivity index (χ2v) is 8.83. The fraction of sp³-hybridized carbons (Fsp3) is 0.417. The highest BCUT2D eigenvalue weighted by Gasteiger charge is 2.51. The lowest BCUT2D eigenvalue weighted by molar-refractivity contribution is -0.120. The van der Waals surface area contributed by atoms with Crippen molar-refractivity contribution in [3.8, 4) is 0 Å². The van der Waals surface area contributed by atoms with E-state index in [0.717, 1.165) is 44.0 Å². The fourth-order valence-electron chi connectivity index (χ4n) is 4.96. The van der Waals surface area contributed by atoms with Crippen molar-refractivity contribution in [1.29, 1.82) is 0 Å². The summed E-state index contributed by atoms with van der Waals surface area (Å²) < 4.78 is 0. The van der Waals surface area contributed by atoms with E-state index in [0.29, 0.717) is 25.1 Å². The van der Waals surface area contributed by atoms with E-state index in [1.165, 1.54) is 5.56 Å². The number of benzene rings is 2. The Morgan fingerprint density at radius 3 is 2.50 bits per heavy atom. The van der Waals surface area contributed by atoms with Gasteiger partial charge in [-0.3, -0.25) is 14.5 Å². The average Bonchev–Trinajstić information content (AvgIpc) is 3.33. The van der Waals surface area contributed by atoms with Crippen molar-refractivity contribution >= 4 is 17.5 Å². The quantitative estimate of drug-likeness (QED) is 0.852. The molecule has 5 rings (SSSR count). The van der Waals surface area contributed by atoms with Crippen LogP contribution < -0.4 is 5.32 Å². The Hall–Kier alpha value is -2.70. The monoisotopic (exact) mass is 404 g/mol. The lowest BCUT2D eigenvalue weighted by atomic mass is 9.81. The van der Waals surface area contributed by atoms with E-state index in [1.807, 2.05) is 41.3 Å². The second-order valence-electron chi connectivity index (χ2n) is 8.83. The fourth-order valence-corrected chi connectivity index (χ4v) is 4.96. The summed E-state index contributed by atoms with van der Waals surface area (Å²) >= 11 is 0. The van der Waals surface area contributed by atoms with Gasteiger partial charge in [-0.2, -0.15) is 0 Å². The number of para-hydroxylation sites is 1. The lowest BCUT2D eigenvalue weighted by Crippen LogP contribution is -2.43. The minimum atomic E-state index is -0.604. The Balaban J connectivity index is 1.26. The van der Waals surface area contributed by atoms with Crippen LogP contribution in [0.1, 0.15) is 27.9 Å². The number of nitrogens with zero attached hydrogens (tertiary/aromatic N) is 3. The maximum atomic E-state index is 13.1. The van der Waals surface area contributed by atoms with E-state index in [1.54, 1.807) is 0 Å². The smallest absolute Gasteiger partial charge is 0.253 e. The van der Waals surface area contributed by atoms with Crippen LogP contribution in [-0.2, 0) is 16.8 Å². The predicted octanol–water partition coefficient (Wildman–Crippen LogP) is 2.17. The molecule has 1 N–H and O–H groups in total. The van der Waals surface area contributed by atoms with Crippen LogP contribution in [0.4, 0.5) is 5.69 Å². The number of hydrogen-bond acceptors (Lipinski definition) is 4. The maximum absolute atomic E-state index is 13.1. The molecule has 0 radical (unpaired) electrons. The highest BCUT2D eigenvalue weighted by atomic mass is 16.2. The van der Waals surface area contributed by atoms with Crippen molar-refractivity contribution in [3.05, 3.63) is 65.2 Å². The Labute approximate surface area is 177 Å². The SMILES string of the molecule is CN1CCN(Cc2ccc(C(=O)N3CCC4(C3)C(=O)Nc3ccccc34)cc2)CC1. The summed E-state index contributed by atoms with van der Waals surface area (Å²) in [6, 6.07) is 15.8. The Morgan fingerprint density at radius 1 is 1.00 bits per heavy atom. The van der Waals surface area contributed by atoms with Gasteiger partial charge in [0.15, 0.2) is 0 Å². The molecule has 2 fully saturated rings. The molecule has 2 saturated heterocycles. The third-order valence-corrected chi connectivity index (χ3v) is 6.88. The van der Waals surface area contributed by atoms with Crippen LogP contribution >= 0.6 is 0 Å². The van der Waals surface area contributed by atoms with Crippen LogP contribution in [0, 0.1) is 0 Å². The van der Waals surface area contributed by atoms with Gasteiger partial charge in [0.2, 0.25) is 5.91 Å². The number of carbonyl (C=O) groups excluding carboxylic acids is 2. The first kappa shape index (κ1) is 19.3. The summed E-state index contributed by atoms with van der Waals surface area (Å²) in [6.07, 6.45) is 0.670. The molecule has 2 aromatic rings. The molecule has 3 aliphatic heterocycles. The number of hydrogen-bond donors (Lipinski definition) is 1. The van der Waals surface area contributed by atoms with Crippen LogP contribution in [0.2, 0.25) is 0 Å². The number of amides is 2. The summed E-state index contributed by atoms with van der Waals surface area (Å²) in [5.41, 5.74) is 3.23. The van der Waals surface area contributed by atoms with Crippen molar-refractivity contribution in [1.82, 2.24) is 14.7 Å². The van der Waals surface area contributed by atoms with Crippen LogP contribution in [0.3, 0.4) is 0 Å². The molecule has 0 saturated carbocycles. The molecular formula is C24H28N4O2. The van der Waals surface area contributed by atoms with Crippen molar-refractivity contribution in [2.75, 3.05) is 51.6 Å². The predicted molar refractivity (Wildman–Crippen MR) is 116 cm³/mol. The van der Waals surface area contributed by atoms with E-state index in [-0.39, 0.29) is 11.8 Å². The molecule has 1 spiro atoms. The average molecular weight is 405 g/mol. The minimum absolute atomic E-state index is 0.00945. The number of nitrogens with one attached hydrogen (secondary N) is 1. The first-order chi connectivity index (χ1) is 14.5. The van der Waals surface area contributed by atoms with Crippen LogP contribution in [0.25, 0.3) is 0 Å². The van der Waals surface area contributed by atoms with Crippen molar-refractivity contribution in [2.45, 2.75) is 18.4 Å². The van der Waals surface area contributed by atoms with Gasteiger partial charge in [-0.25, -0.2) is 0 Å². The zero-order valence-electron chi connectivity index (χ0n) is 17.4. The molecule has 0 aromatic heterocycles. The molecule has 1 atom stereocenters. The molecule has 2 amide bonds. The van der Waals surface area contributed by atoms with Gasteiger partial charge in [-0.15, -0.1) is 0 Å². The van der Waals surface area contributed by atoms with Crippen LogP contribution in [-0.4, -0.2) is 72.8 Å². The molecule has 0 bridgehead atoms. The third-order valence-electron chi connectivity index (χ3n) is 6.88. The first-order valence-corrected chi connectivity index (χ1v) is 10.8. The van der Waals surface area contributed by atoms with Gasteiger partial charge < -0.3 is 15.1 Å². The Kier molecular flexibility index (Phi) is 4.83. The summed E-state index contributed by atoms with van der Waals surface area (Å²) in [4.78, 5) is 32.5. The van der Waals surface area contributed by atoms with Crippen LogP contribution in [0.5, 0.6) is 0 Å². The molecular weight excluding hydrogens is 376 g/mol. The van der Waals surface area contributed by atoms with Crippen molar-refractivity contribution in [2.24, 2.45) is 0 Å². The number of anilines is 1. The summed E-state index contributed by atoms with van der Waals surface area (Å²) in [5.74, 6) is 0.0247. The van der Waals surface area contributed by atoms with Gasteiger partial charge in [0.1, 0.15) is 0 Å². The molecule has 1 unspecified atom stereocenters. The molecule has 2 aromatic carbocycles. The molecule has 156 valence electrons. The number of rotatable bonds is 3. The van der Waals surface area contributed by atoms with Gasteiger partial charge in [-0.1, -0.05) is 30.3 Å². The first-order valence-electron chi connectivity index (χ1n) is 10.8. The van der Waals surface area contributed by atoms with Crippen LogP contribution in [0.15, 0.2) is 48.5 Å². The Morgan fingerprint density at radius 2 is 1.73 bits per heavy atom. The minimum Gasteiger partial charge on any atom is -0.337 e. The van der Waals surface area contributed by atoms with Gasteiger partial charge in [0.25, 0.3) is 5.91 Å². The van der Waals surface area contributed by atoms with Gasteiger partial charge >= 0.3 is 0 Å². The lowest BCUT2D eigenvalue weighted by Gasteiger charge is -2.32. The summed E-state index contributed by atoms with van der Waals surface area (Å²) in [6.45, 7) is 6.33. The molecule has 3 aliphatic rings. The van der Waals surface area contributed by atoms with E-state index in [4.69, 9.17) is 0 Å². The standard InChI is InChI=1S/C24H28N4O2/c1-26-12-14-27(15-13-26)16-18-6-8-19(9-7-18)22(29)28-11-10-24(17-28)20-4-2-3-5-21(20)25-23(24)30/h2-9H,10-17H2,1H3,(H,25,30). The second kappa shape index (κ2) is 7.52. The van der Waals surface area contributed by atoms with E-state index < -0.39 is 5.41 Å². The molecule has 6 nitrogen and oxygen atoms in total. The van der Waals surface area contributed by atoms with Crippen molar-refractivity contribution in [3.63, 3.8) is 0 Å². The number of piperazine rings is 1. The molecule has 0 aliphatic carbocycles. The zero-order valence-corrected chi connectivity index (χ0v) is 17.4. The third kappa shape index (κ3) is 3.30. The van der Waals surface area contributed by atoms with E-state index >= 15 is 0 Å². The summed E-state index contributed by atoms with van der Waals surface area (Å²) in [5, 5.41) is 2.99. The number of likely N-dealkylation sites (tertiary alicyclic amines) is 1. The normalized spacial score (nSPS) is 24.3. The zero-order chi connectivity index (χ0) is 20.7. The largest absolute Gasteiger partial charge is 0.337 e. The highest BCUT2D eigenvalue weighted by Crippen LogP contribution is 2.44. The maximum Gasteiger partial charge on any atom is 0.253 e. The molecule has 6 heteroatoms. The van der Waals surface area contributed by atoms with Gasteiger partial charge in [-0.05, 0) is 42.8 Å². The number of likely N-dealkylation sites (N-methyl/N-ethyl adjacent to an activating group) is 1. The highest BCUT2D eigenvalue weighted by molar-refractivity contribution is 6.07.